The molecule has 0 saturated carbocycles. The third-order valence-corrected chi connectivity index (χ3v) is 3.03. The van der Waals surface area contributed by atoms with Gasteiger partial charge in [0.15, 0.2) is 0 Å². The first-order valence-corrected chi connectivity index (χ1v) is 6.32. The molecule has 0 spiro atoms. The average molecular weight is 260 g/mol. The van der Waals surface area contributed by atoms with Gasteiger partial charge in [-0.15, -0.1) is 0 Å². The average Bonchev–Trinajstić information content (AvgIpc) is 2.43. The van der Waals surface area contributed by atoms with Gasteiger partial charge in [0, 0.05) is 6.07 Å². The van der Waals surface area contributed by atoms with E-state index in [0.717, 1.165) is 11.1 Å². The van der Waals surface area contributed by atoms with Crippen molar-refractivity contribution in [3.63, 3.8) is 0 Å². The SMILES string of the molecule is CC[C@H](O)c1ccc(Oc2cc(F)ccc2C)cc1. The van der Waals surface area contributed by atoms with Crippen LogP contribution in [-0.4, -0.2) is 5.11 Å². The molecule has 0 aliphatic heterocycles. The summed E-state index contributed by atoms with van der Waals surface area (Å²) in [5, 5.41) is 9.70. The molecule has 2 rings (SSSR count). The number of halogens is 1. The maximum atomic E-state index is 13.2. The minimum absolute atomic E-state index is 0.321. The third-order valence-electron chi connectivity index (χ3n) is 3.03. The molecule has 0 aromatic heterocycles. The second-order valence-electron chi connectivity index (χ2n) is 4.50. The van der Waals surface area contributed by atoms with Crippen LogP contribution in [0.25, 0.3) is 0 Å². The van der Waals surface area contributed by atoms with Crippen LogP contribution in [0.4, 0.5) is 4.39 Å². The first kappa shape index (κ1) is 13.6. The normalized spacial score (nSPS) is 12.2. The fourth-order valence-electron chi connectivity index (χ4n) is 1.80. The maximum Gasteiger partial charge on any atom is 0.133 e. The van der Waals surface area contributed by atoms with E-state index in [4.69, 9.17) is 4.74 Å². The third kappa shape index (κ3) is 3.32. The van der Waals surface area contributed by atoms with Crippen molar-refractivity contribution in [3.8, 4) is 11.5 Å². The molecule has 0 aliphatic rings. The molecule has 0 fully saturated rings. The summed E-state index contributed by atoms with van der Waals surface area (Å²) in [6, 6.07) is 11.6. The number of benzene rings is 2. The largest absolute Gasteiger partial charge is 0.457 e. The summed E-state index contributed by atoms with van der Waals surface area (Å²) in [5.74, 6) is 0.808. The van der Waals surface area contributed by atoms with Gasteiger partial charge in [-0.25, -0.2) is 4.39 Å². The van der Waals surface area contributed by atoms with Crippen LogP contribution in [0, 0.1) is 12.7 Å². The lowest BCUT2D eigenvalue weighted by atomic mass is 10.1. The Morgan fingerprint density at radius 3 is 2.47 bits per heavy atom. The number of aliphatic hydroxyl groups excluding tert-OH is 1. The summed E-state index contributed by atoms with van der Waals surface area (Å²) in [4.78, 5) is 0. The smallest absolute Gasteiger partial charge is 0.133 e. The van der Waals surface area contributed by atoms with Gasteiger partial charge < -0.3 is 9.84 Å². The van der Waals surface area contributed by atoms with Gasteiger partial charge in [0.05, 0.1) is 6.10 Å². The van der Waals surface area contributed by atoms with Gasteiger partial charge >= 0.3 is 0 Å². The molecule has 2 aromatic carbocycles. The van der Waals surface area contributed by atoms with E-state index in [0.29, 0.717) is 17.9 Å². The van der Waals surface area contributed by atoms with E-state index in [2.05, 4.69) is 0 Å². The fourth-order valence-corrected chi connectivity index (χ4v) is 1.80. The van der Waals surface area contributed by atoms with Crippen molar-refractivity contribution < 1.29 is 14.2 Å². The van der Waals surface area contributed by atoms with Gasteiger partial charge in [-0.05, 0) is 42.7 Å². The lowest BCUT2D eigenvalue weighted by Gasteiger charge is -2.11. The molecular weight excluding hydrogens is 243 g/mol. The molecule has 1 atom stereocenters. The Morgan fingerprint density at radius 1 is 1.16 bits per heavy atom. The van der Waals surface area contributed by atoms with Crippen LogP contribution < -0.4 is 4.74 Å². The number of hydrogen-bond donors (Lipinski definition) is 1. The Labute approximate surface area is 112 Å². The van der Waals surface area contributed by atoms with Crippen LogP contribution in [-0.2, 0) is 0 Å². The number of hydrogen-bond acceptors (Lipinski definition) is 2. The van der Waals surface area contributed by atoms with Crippen LogP contribution in [0.3, 0.4) is 0 Å². The molecule has 0 radical (unpaired) electrons. The molecule has 2 nitrogen and oxygen atoms in total. The zero-order chi connectivity index (χ0) is 13.8. The molecule has 0 amide bonds. The van der Waals surface area contributed by atoms with Crippen LogP contribution in [0.2, 0.25) is 0 Å². The highest BCUT2D eigenvalue weighted by atomic mass is 19.1. The summed E-state index contributed by atoms with van der Waals surface area (Å²) in [6.07, 6.45) is 0.216. The summed E-state index contributed by atoms with van der Waals surface area (Å²) in [6.45, 7) is 3.79. The Morgan fingerprint density at radius 2 is 1.84 bits per heavy atom. The fraction of sp³-hybridized carbons (Fsp3) is 0.250. The highest BCUT2D eigenvalue weighted by Crippen LogP contribution is 2.27. The molecule has 0 aliphatic carbocycles. The van der Waals surface area contributed by atoms with Crippen molar-refractivity contribution in [2.24, 2.45) is 0 Å². The van der Waals surface area contributed by atoms with E-state index >= 15 is 0 Å². The van der Waals surface area contributed by atoms with Gasteiger partial charge in [0.25, 0.3) is 0 Å². The Kier molecular flexibility index (Phi) is 4.17. The summed E-state index contributed by atoms with van der Waals surface area (Å²) in [5.41, 5.74) is 1.73. The predicted octanol–water partition coefficient (Wildman–Crippen LogP) is 4.37. The Hall–Kier alpha value is -1.87. The van der Waals surface area contributed by atoms with Gasteiger partial charge in [0.1, 0.15) is 17.3 Å². The van der Waals surface area contributed by atoms with Crippen molar-refractivity contribution in [2.75, 3.05) is 0 Å². The highest BCUT2D eigenvalue weighted by molar-refractivity contribution is 5.38. The number of rotatable bonds is 4. The van der Waals surface area contributed by atoms with E-state index < -0.39 is 6.10 Å². The van der Waals surface area contributed by atoms with Gasteiger partial charge in [-0.1, -0.05) is 25.1 Å². The minimum Gasteiger partial charge on any atom is -0.457 e. The van der Waals surface area contributed by atoms with Crippen molar-refractivity contribution in [1.82, 2.24) is 0 Å². The first-order chi connectivity index (χ1) is 9.10. The van der Waals surface area contributed by atoms with Crippen molar-refractivity contribution in [3.05, 3.63) is 59.4 Å². The molecule has 2 aromatic rings. The number of aryl methyl sites for hydroxylation is 1. The lowest BCUT2D eigenvalue weighted by molar-refractivity contribution is 0.173. The van der Waals surface area contributed by atoms with Crippen LogP contribution in [0.5, 0.6) is 11.5 Å². The molecule has 1 N–H and O–H groups in total. The van der Waals surface area contributed by atoms with Crippen LogP contribution >= 0.6 is 0 Å². The molecular formula is C16H17FO2. The highest BCUT2D eigenvalue weighted by Gasteiger charge is 2.06. The van der Waals surface area contributed by atoms with E-state index in [-0.39, 0.29) is 5.82 Å². The molecule has 0 bridgehead atoms. The van der Waals surface area contributed by atoms with Crippen molar-refractivity contribution in [2.45, 2.75) is 26.4 Å². The van der Waals surface area contributed by atoms with E-state index in [1.54, 1.807) is 18.2 Å². The van der Waals surface area contributed by atoms with Crippen molar-refractivity contribution >= 4 is 0 Å². The zero-order valence-corrected chi connectivity index (χ0v) is 11.1. The zero-order valence-electron chi connectivity index (χ0n) is 11.1. The maximum absolute atomic E-state index is 13.2. The number of ether oxygens (including phenoxy) is 1. The Bertz CT molecular complexity index is 549. The molecule has 0 unspecified atom stereocenters. The molecule has 3 heteroatoms. The number of aliphatic hydroxyl groups is 1. The first-order valence-electron chi connectivity index (χ1n) is 6.32. The lowest BCUT2D eigenvalue weighted by Crippen LogP contribution is -1.95. The topological polar surface area (TPSA) is 29.5 Å². The molecule has 0 heterocycles. The van der Waals surface area contributed by atoms with Crippen LogP contribution in [0.15, 0.2) is 42.5 Å². The second-order valence-corrected chi connectivity index (χ2v) is 4.50. The molecule has 19 heavy (non-hydrogen) atoms. The van der Waals surface area contributed by atoms with E-state index in [1.807, 2.05) is 26.0 Å². The van der Waals surface area contributed by atoms with E-state index in [1.165, 1.54) is 12.1 Å². The quantitative estimate of drug-likeness (QED) is 0.884. The van der Waals surface area contributed by atoms with Crippen LogP contribution in [0.1, 0.15) is 30.6 Å². The summed E-state index contributed by atoms with van der Waals surface area (Å²) in [7, 11) is 0. The second kappa shape index (κ2) is 5.85. The molecule has 100 valence electrons. The van der Waals surface area contributed by atoms with Gasteiger partial charge in [0.2, 0.25) is 0 Å². The summed E-state index contributed by atoms with van der Waals surface area (Å²) < 4.78 is 18.8. The van der Waals surface area contributed by atoms with Gasteiger partial charge in [-0.3, -0.25) is 0 Å². The minimum atomic E-state index is -0.454. The summed E-state index contributed by atoms with van der Waals surface area (Å²) >= 11 is 0. The standard InChI is InChI=1S/C16H17FO2/c1-3-15(18)12-5-8-14(9-6-12)19-16-10-13(17)7-4-11(16)2/h4-10,15,18H,3H2,1-2H3/t15-/m0/s1. The van der Waals surface area contributed by atoms with Crippen molar-refractivity contribution in [1.29, 1.82) is 0 Å². The van der Waals surface area contributed by atoms with E-state index in [9.17, 15) is 9.50 Å². The monoisotopic (exact) mass is 260 g/mol. The predicted molar refractivity (Wildman–Crippen MR) is 72.9 cm³/mol. The Balaban J connectivity index is 2.17. The van der Waals surface area contributed by atoms with Gasteiger partial charge in [-0.2, -0.15) is 0 Å². The molecule has 0 saturated heterocycles.